The van der Waals surface area contributed by atoms with Gasteiger partial charge in [-0.25, -0.2) is 0 Å². The fraction of sp³-hybridized carbons (Fsp3) is 0.562. The van der Waals surface area contributed by atoms with Gasteiger partial charge in [-0.1, -0.05) is 25.1 Å². The van der Waals surface area contributed by atoms with Gasteiger partial charge < -0.3 is 15.4 Å². The maximum Gasteiger partial charge on any atom is 0.225 e. The first kappa shape index (κ1) is 15.0. The zero-order valence-electron chi connectivity index (χ0n) is 12.2. The largest absolute Gasteiger partial charge is 0.377 e. The number of nitrogens with one attached hydrogen (secondary N) is 2. The first-order valence-electron chi connectivity index (χ1n) is 7.49. The van der Waals surface area contributed by atoms with Gasteiger partial charge in [0.05, 0.1) is 6.10 Å². The second-order valence-corrected chi connectivity index (χ2v) is 5.15. The maximum atomic E-state index is 11.9. The van der Waals surface area contributed by atoms with Gasteiger partial charge in [0.15, 0.2) is 0 Å². The van der Waals surface area contributed by atoms with Crippen LogP contribution in [-0.4, -0.2) is 31.7 Å². The first-order chi connectivity index (χ1) is 9.79. The second kappa shape index (κ2) is 8.02. The van der Waals surface area contributed by atoms with E-state index in [0.29, 0.717) is 19.1 Å². The lowest BCUT2D eigenvalue weighted by atomic mass is 10.1. The normalized spacial score (nSPS) is 18.1. The molecule has 4 nitrogen and oxygen atoms in total. The summed E-state index contributed by atoms with van der Waals surface area (Å²) in [5.74, 6) is 0.0609. The minimum Gasteiger partial charge on any atom is -0.377 e. The number of hydrogen-bond donors (Lipinski definition) is 2. The van der Waals surface area contributed by atoms with E-state index in [4.69, 9.17) is 4.74 Å². The number of anilines is 1. The van der Waals surface area contributed by atoms with Crippen LogP contribution in [0.2, 0.25) is 0 Å². The predicted molar refractivity (Wildman–Crippen MR) is 80.9 cm³/mol. The number of carbonyl (C=O) groups is 1. The van der Waals surface area contributed by atoms with E-state index in [1.807, 2.05) is 24.3 Å². The van der Waals surface area contributed by atoms with Crippen LogP contribution < -0.4 is 10.6 Å². The van der Waals surface area contributed by atoms with Crippen LogP contribution in [0.1, 0.15) is 31.7 Å². The van der Waals surface area contributed by atoms with E-state index >= 15 is 0 Å². The summed E-state index contributed by atoms with van der Waals surface area (Å²) in [5, 5.41) is 6.27. The Balaban J connectivity index is 1.67. The van der Waals surface area contributed by atoms with Crippen molar-refractivity contribution in [1.82, 2.24) is 5.32 Å². The molecule has 0 radical (unpaired) electrons. The fourth-order valence-corrected chi connectivity index (χ4v) is 2.43. The Hall–Kier alpha value is -1.39. The van der Waals surface area contributed by atoms with Crippen molar-refractivity contribution in [3.05, 3.63) is 29.8 Å². The molecule has 1 atom stereocenters. The van der Waals surface area contributed by atoms with Gasteiger partial charge in [0.2, 0.25) is 5.91 Å². The molecule has 1 aromatic carbocycles. The molecular formula is C16H24N2O2. The number of amides is 1. The van der Waals surface area contributed by atoms with Gasteiger partial charge >= 0.3 is 0 Å². The van der Waals surface area contributed by atoms with Crippen LogP contribution in [0.25, 0.3) is 0 Å². The average molecular weight is 276 g/mol. The lowest BCUT2D eigenvalue weighted by Gasteiger charge is -2.12. The van der Waals surface area contributed by atoms with Gasteiger partial charge in [-0.05, 0) is 30.9 Å². The van der Waals surface area contributed by atoms with E-state index in [1.54, 1.807) is 0 Å². The SMILES string of the molecule is CCc1ccccc1NC(=O)CCNCC1CCCO1. The molecule has 1 fully saturated rings. The van der Waals surface area contributed by atoms with E-state index in [1.165, 1.54) is 5.56 Å². The average Bonchev–Trinajstić information content (AvgIpc) is 2.97. The zero-order valence-corrected chi connectivity index (χ0v) is 12.2. The number of para-hydroxylation sites is 1. The summed E-state index contributed by atoms with van der Waals surface area (Å²) in [7, 11) is 0. The minimum absolute atomic E-state index is 0.0609. The standard InChI is InChI=1S/C16H24N2O2/c1-2-13-6-3-4-8-15(13)18-16(19)9-10-17-12-14-7-5-11-20-14/h3-4,6,8,14,17H,2,5,7,9-12H2,1H3,(H,18,19). The Labute approximate surface area is 120 Å². The third-order valence-corrected chi connectivity index (χ3v) is 3.60. The molecule has 1 saturated heterocycles. The molecule has 0 aliphatic carbocycles. The van der Waals surface area contributed by atoms with Crippen LogP contribution >= 0.6 is 0 Å². The lowest BCUT2D eigenvalue weighted by molar-refractivity contribution is -0.116. The number of rotatable bonds is 7. The van der Waals surface area contributed by atoms with Crippen molar-refractivity contribution >= 4 is 11.6 Å². The number of ether oxygens (including phenoxy) is 1. The van der Waals surface area contributed by atoms with Crippen LogP contribution in [0.15, 0.2) is 24.3 Å². The van der Waals surface area contributed by atoms with Crippen molar-refractivity contribution in [2.45, 2.75) is 38.7 Å². The van der Waals surface area contributed by atoms with Crippen LogP contribution in [0.3, 0.4) is 0 Å². The first-order valence-corrected chi connectivity index (χ1v) is 7.49. The molecule has 1 aliphatic rings. The highest BCUT2D eigenvalue weighted by Crippen LogP contribution is 2.15. The Bertz CT molecular complexity index is 428. The molecule has 0 spiro atoms. The van der Waals surface area contributed by atoms with E-state index < -0.39 is 0 Å². The smallest absolute Gasteiger partial charge is 0.225 e. The van der Waals surface area contributed by atoms with Crippen molar-refractivity contribution in [1.29, 1.82) is 0 Å². The Kier molecular flexibility index (Phi) is 6.02. The number of aryl methyl sites for hydroxylation is 1. The highest BCUT2D eigenvalue weighted by molar-refractivity contribution is 5.91. The number of carbonyl (C=O) groups excluding carboxylic acids is 1. The Morgan fingerprint density at radius 3 is 3.00 bits per heavy atom. The highest BCUT2D eigenvalue weighted by atomic mass is 16.5. The Morgan fingerprint density at radius 1 is 1.40 bits per heavy atom. The molecule has 2 rings (SSSR count). The van der Waals surface area contributed by atoms with E-state index in [-0.39, 0.29) is 5.91 Å². The summed E-state index contributed by atoms with van der Waals surface area (Å²) in [4.78, 5) is 11.9. The van der Waals surface area contributed by atoms with Crippen LogP contribution in [-0.2, 0) is 16.0 Å². The molecular weight excluding hydrogens is 252 g/mol. The van der Waals surface area contributed by atoms with Crippen molar-refractivity contribution in [2.24, 2.45) is 0 Å². The van der Waals surface area contributed by atoms with E-state index in [0.717, 1.165) is 38.1 Å². The summed E-state index contributed by atoms with van der Waals surface area (Å²) < 4.78 is 5.52. The van der Waals surface area contributed by atoms with Crippen molar-refractivity contribution < 1.29 is 9.53 Å². The van der Waals surface area contributed by atoms with E-state index in [2.05, 4.69) is 17.6 Å². The lowest BCUT2D eigenvalue weighted by Crippen LogP contribution is -2.29. The zero-order chi connectivity index (χ0) is 14.2. The molecule has 0 aromatic heterocycles. The van der Waals surface area contributed by atoms with Crippen molar-refractivity contribution in [3.8, 4) is 0 Å². The molecule has 0 bridgehead atoms. The molecule has 1 unspecified atom stereocenters. The third kappa shape index (κ3) is 4.62. The van der Waals surface area contributed by atoms with Crippen LogP contribution in [0.4, 0.5) is 5.69 Å². The quantitative estimate of drug-likeness (QED) is 0.752. The van der Waals surface area contributed by atoms with Crippen molar-refractivity contribution in [3.63, 3.8) is 0 Å². The summed E-state index contributed by atoms with van der Waals surface area (Å²) in [6.07, 6.45) is 4.03. The van der Waals surface area contributed by atoms with Gasteiger partial charge in [-0.3, -0.25) is 4.79 Å². The van der Waals surface area contributed by atoms with Gasteiger partial charge in [0.1, 0.15) is 0 Å². The molecule has 1 amide bonds. The summed E-state index contributed by atoms with van der Waals surface area (Å²) in [6, 6.07) is 7.95. The molecule has 1 aliphatic heterocycles. The molecule has 110 valence electrons. The molecule has 0 saturated carbocycles. The van der Waals surface area contributed by atoms with Gasteiger partial charge in [-0.15, -0.1) is 0 Å². The highest BCUT2D eigenvalue weighted by Gasteiger charge is 2.14. The number of hydrogen-bond acceptors (Lipinski definition) is 3. The van der Waals surface area contributed by atoms with Crippen LogP contribution in [0.5, 0.6) is 0 Å². The van der Waals surface area contributed by atoms with Crippen LogP contribution in [0, 0.1) is 0 Å². The molecule has 20 heavy (non-hydrogen) atoms. The summed E-state index contributed by atoms with van der Waals surface area (Å²) in [6.45, 7) is 4.51. The van der Waals surface area contributed by atoms with E-state index in [9.17, 15) is 4.79 Å². The van der Waals surface area contributed by atoms with Gasteiger partial charge in [0.25, 0.3) is 0 Å². The molecule has 1 heterocycles. The molecule has 1 aromatic rings. The summed E-state index contributed by atoms with van der Waals surface area (Å²) >= 11 is 0. The summed E-state index contributed by atoms with van der Waals surface area (Å²) in [5.41, 5.74) is 2.10. The minimum atomic E-state index is 0.0609. The maximum absolute atomic E-state index is 11.9. The van der Waals surface area contributed by atoms with Crippen molar-refractivity contribution in [2.75, 3.05) is 25.0 Å². The fourth-order valence-electron chi connectivity index (χ4n) is 2.43. The monoisotopic (exact) mass is 276 g/mol. The third-order valence-electron chi connectivity index (χ3n) is 3.60. The predicted octanol–water partition coefficient (Wildman–Crippen LogP) is 2.35. The number of benzene rings is 1. The molecule has 4 heteroatoms. The topological polar surface area (TPSA) is 50.4 Å². The van der Waals surface area contributed by atoms with Gasteiger partial charge in [0, 0.05) is 31.8 Å². The second-order valence-electron chi connectivity index (χ2n) is 5.15. The Morgan fingerprint density at radius 2 is 2.25 bits per heavy atom. The molecule has 2 N–H and O–H groups in total. The van der Waals surface area contributed by atoms with Gasteiger partial charge in [-0.2, -0.15) is 0 Å².